The summed E-state index contributed by atoms with van der Waals surface area (Å²) in [5, 5.41) is 5.26. The van der Waals surface area contributed by atoms with Crippen LogP contribution >= 0.6 is 11.3 Å². The molecule has 1 heterocycles. The molecule has 0 spiro atoms. The number of hydrazine groups is 1. The maximum Gasteiger partial charge on any atom is 0.257 e. The fourth-order valence-corrected chi connectivity index (χ4v) is 2.23. The number of nitrogens with one attached hydrogen (secondary N) is 2. The Hall–Kier alpha value is -1.92. The lowest BCUT2D eigenvalue weighted by Crippen LogP contribution is -2.13. The van der Waals surface area contributed by atoms with Crippen LogP contribution in [0.15, 0.2) is 23.6 Å². The highest BCUT2D eigenvalue weighted by atomic mass is 32.1. The zero-order chi connectivity index (χ0) is 13.1. The van der Waals surface area contributed by atoms with Crippen LogP contribution in [0.1, 0.15) is 21.6 Å². The van der Waals surface area contributed by atoms with Crippen molar-refractivity contribution >= 4 is 28.1 Å². The van der Waals surface area contributed by atoms with E-state index in [-0.39, 0.29) is 5.91 Å². The summed E-state index contributed by atoms with van der Waals surface area (Å²) in [5.74, 6) is 5.17. The third-order valence-electron chi connectivity index (χ3n) is 2.48. The van der Waals surface area contributed by atoms with Crippen LogP contribution in [0, 0.1) is 13.8 Å². The molecule has 0 aliphatic heterocycles. The van der Waals surface area contributed by atoms with Gasteiger partial charge in [-0.1, -0.05) is 0 Å². The summed E-state index contributed by atoms with van der Waals surface area (Å²) in [7, 11) is 0. The largest absolute Gasteiger partial charge is 0.324 e. The Kier molecular flexibility index (Phi) is 3.59. The number of nitrogens with zero attached hydrogens (tertiary/aromatic N) is 1. The quantitative estimate of drug-likeness (QED) is 0.585. The Morgan fingerprint density at radius 3 is 2.72 bits per heavy atom. The second-order valence-electron chi connectivity index (χ2n) is 3.92. The number of carbonyl (C=O) groups is 1. The minimum Gasteiger partial charge on any atom is -0.324 e. The van der Waals surface area contributed by atoms with Crippen LogP contribution in [0.5, 0.6) is 0 Å². The average molecular weight is 262 g/mol. The molecule has 1 amide bonds. The van der Waals surface area contributed by atoms with Crippen LogP contribution in [0.2, 0.25) is 0 Å². The van der Waals surface area contributed by atoms with Crippen molar-refractivity contribution in [1.29, 1.82) is 0 Å². The van der Waals surface area contributed by atoms with Gasteiger partial charge in [0.1, 0.15) is 0 Å². The summed E-state index contributed by atoms with van der Waals surface area (Å²) in [6.07, 6.45) is 0. The standard InChI is InChI=1S/C12H14N4OS/c1-7-5-9(3-4-10(7)16-13)11(17)15-12-14-8(2)6-18-12/h3-6,16H,13H2,1-2H3,(H,14,15,17). The zero-order valence-corrected chi connectivity index (χ0v) is 11.0. The number of benzene rings is 1. The number of nitrogen functional groups attached to an aromatic ring is 1. The SMILES string of the molecule is Cc1csc(NC(=O)c2ccc(NN)c(C)c2)n1. The Labute approximate surface area is 109 Å². The number of rotatable bonds is 3. The van der Waals surface area contributed by atoms with Gasteiger partial charge in [0.2, 0.25) is 0 Å². The summed E-state index contributed by atoms with van der Waals surface area (Å²) in [6.45, 7) is 3.78. The fraction of sp³-hybridized carbons (Fsp3) is 0.167. The zero-order valence-electron chi connectivity index (χ0n) is 10.2. The van der Waals surface area contributed by atoms with Crippen LogP contribution in [-0.4, -0.2) is 10.9 Å². The van der Waals surface area contributed by atoms with E-state index in [1.165, 1.54) is 11.3 Å². The van der Waals surface area contributed by atoms with Crippen molar-refractivity contribution in [2.75, 3.05) is 10.7 Å². The van der Waals surface area contributed by atoms with Crippen molar-refractivity contribution in [3.05, 3.63) is 40.4 Å². The predicted octanol–water partition coefficient (Wildman–Crippen LogP) is 2.30. The topological polar surface area (TPSA) is 80.0 Å². The Morgan fingerprint density at radius 2 is 2.17 bits per heavy atom. The first kappa shape index (κ1) is 12.5. The van der Waals surface area contributed by atoms with Crippen molar-refractivity contribution in [2.45, 2.75) is 13.8 Å². The molecule has 4 N–H and O–H groups in total. The fourth-order valence-electron chi connectivity index (χ4n) is 1.55. The first-order valence-corrected chi connectivity index (χ1v) is 6.29. The van der Waals surface area contributed by atoms with E-state index in [2.05, 4.69) is 15.7 Å². The Morgan fingerprint density at radius 1 is 1.39 bits per heavy atom. The summed E-state index contributed by atoms with van der Waals surface area (Å²) in [6, 6.07) is 5.28. The molecule has 0 saturated carbocycles. The molecular weight excluding hydrogens is 248 g/mol. The number of amides is 1. The van der Waals surface area contributed by atoms with E-state index in [0.29, 0.717) is 10.7 Å². The number of hydrogen-bond acceptors (Lipinski definition) is 5. The van der Waals surface area contributed by atoms with Crippen LogP contribution in [0.4, 0.5) is 10.8 Å². The molecule has 0 atom stereocenters. The maximum absolute atomic E-state index is 12.0. The molecule has 2 aromatic rings. The predicted molar refractivity (Wildman–Crippen MR) is 73.8 cm³/mol. The molecule has 0 aliphatic rings. The van der Waals surface area contributed by atoms with Gasteiger partial charge in [-0.3, -0.25) is 16.0 Å². The van der Waals surface area contributed by atoms with E-state index in [0.717, 1.165) is 16.9 Å². The lowest BCUT2D eigenvalue weighted by Gasteiger charge is -2.07. The van der Waals surface area contributed by atoms with Crippen molar-refractivity contribution in [1.82, 2.24) is 4.98 Å². The summed E-state index contributed by atoms with van der Waals surface area (Å²) >= 11 is 1.41. The number of hydrogen-bond donors (Lipinski definition) is 3. The highest BCUT2D eigenvalue weighted by molar-refractivity contribution is 7.13. The van der Waals surface area contributed by atoms with Crippen molar-refractivity contribution in [3.63, 3.8) is 0 Å². The summed E-state index contributed by atoms with van der Waals surface area (Å²) in [5.41, 5.74) is 5.77. The molecule has 0 fully saturated rings. The second kappa shape index (κ2) is 5.16. The molecule has 5 nitrogen and oxygen atoms in total. The molecule has 0 aliphatic carbocycles. The average Bonchev–Trinajstić information content (AvgIpc) is 2.74. The van der Waals surface area contributed by atoms with Gasteiger partial charge in [-0.2, -0.15) is 0 Å². The Balaban J connectivity index is 2.16. The van der Waals surface area contributed by atoms with Gasteiger partial charge in [0.05, 0.1) is 11.4 Å². The van der Waals surface area contributed by atoms with E-state index in [1.807, 2.05) is 19.2 Å². The molecule has 1 aromatic carbocycles. The number of aromatic nitrogens is 1. The molecule has 0 unspecified atom stereocenters. The lowest BCUT2D eigenvalue weighted by atomic mass is 10.1. The minimum absolute atomic E-state index is 0.170. The number of thiazole rings is 1. The first-order chi connectivity index (χ1) is 8.60. The molecular formula is C12H14N4OS. The van der Waals surface area contributed by atoms with Gasteiger partial charge < -0.3 is 5.43 Å². The number of aryl methyl sites for hydroxylation is 2. The molecule has 94 valence electrons. The summed E-state index contributed by atoms with van der Waals surface area (Å²) in [4.78, 5) is 16.2. The Bertz CT molecular complexity index is 579. The minimum atomic E-state index is -0.170. The van der Waals surface area contributed by atoms with Crippen molar-refractivity contribution < 1.29 is 4.79 Å². The van der Waals surface area contributed by atoms with E-state index in [9.17, 15) is 4.79 Å². The van der Waals surface area contributed by atoms with Gasteiger partial charge in [0, 0.05) is 10.9 Å². The number of carbonyl (C=O) groups excluding carboxylic acids is 1. The smallest absolute Gasteiger partial charge is 0.257 e. The van der Waals surface area contributed by atoms with Crippen LogP contribution < -0.4 is 16.6 Å². The first-order valence-electron chi connectivity index (χ1n) is 5.41. The lowest BCUT2D eigenvalue weighted by molar-refractivity contribution is 0.102. The third-order valence-corrected chi connectivity index (χ3v) is 3.36. The van der Waals surface area contributed by atoms with Crippen molar-refractivity contribution in [3.8, 4) is 0 Å². The normalized spacial score (nSPS) is 10.2. The number of nitrogens with two attached hydrogens (primary N) is 1. The van der Waals surface area contributed by atoms with Gasteiger partial charge >= 0.3 is 0 Å². The number of anilines is 2. The van der Waals surface area contributed by atoms with Gasteiger partial charge in [-0.15, -0.1) is 11.3 Å². The van der Waals surface area contributed by atoms with Gasteiger partial charge in [-0.05, 0) is 37.6 Å². The third kappa shape index (κ3) is 2.66. The van der Waals surface area contributed by atoms with Crippen LogP contribution in [0.25, 0.3) is 0 Å². The van der Waals surface area contributed by atoms with E-state index in [4.69, 9.17) is 5.84 Å². The molecule has 18 heavy (non-hydrogen) atoms. The molecule has 6 heteroatoms. The van der Waals surface area contributed by atoms with Crippen LogP contribution in [0.3, 0.4) is 0 Å². The van der Waals surface area contributed by atoms with E-state index >= 15 is 0 Å². The molecule has 1 aromatic heterocycles. The van der Waals surface area contributed by atoms with Gasteiger partial charge in [0.15, 0.2) is 5.13 Å². The van der Waals surface area contributed by atoms with E-state index < -0.39 is 0 Å². The second-order valence-corrected chi connectivity index (χ2v) is 4.78. The highest BCUT2D eigenvalue weighted by Gasteiger charge is 2.09. The van der Waals surface area contributed by atoms with Crippen LogP contribution in [-0.2, 0) is 0 Å². The monoisotopic (exact) mass is 262 g/mol. The summed E-state index contributed by atoms with van der Waals surface area (Å²) < 4.78 is 0. The molecule has 0 saturated heterocycles. The molecule has 0 bridgehead atoms. The molecule has 0 radical (unpaired) electrons. The van der Waals surface area contributed by atoms with E-state index in [1.54, 1.807) is 18.2 Å². The highest BCUT2D eigenvalue weighted by Crippen LogP contribution is 2.18. The van der Waals surface area contributed by atoms with Gasteiger partial charge in [0.25, 0.3) is 5.91 Å². The molecule has 2 rings (SSSR count). The maximum atomic E-state index is 12.0. The van der Waals surface area contributed by atoms with Crippen molar-refractivity contribution in [2.24, 2.45) is 5.84 Å². The van der Waals surface area contributed by atoms with Gasteiger partial charge in [-0.25, -0.2) is 4.98 Å².